The molecule has 0 aromatic carbocycles. The van der Waals surface area contributed by atoms with Gasteiger partial charge >= 0.3 is 0 Å². The summed E-state index contributed by atoms with van der Waals surface area (Å²) in [5, 5.41) is 8.98. The SMILES string of the molecule is CCC(CC)N(CC(C)C)c1cc(C#N)ccn1. The number of aromatic nitrogens is 1. The van der Waals surface area contributed by atoms with Gasteiger partial charge in [-0.05, 0) is 30.9 Å². The highest BCUT2D eigenvalue weighted by Gasteiger charge is 2.18. The smallest absolute Gasteiger partial charge is 0.130 e. The molecule has 0 aliphatic carbocycles. The third kappa shape index (κ3) is 3.73. The van der Waals surface area contributed by atoms with Gasteiger partial charge in [0, 0.05) is 18.8 Å². The molecule has 3 heteroatoms. The lowest BCUT2D eigenvalue weighted by Gasteiger charge is -2.33. The first-order valence-corrected chi connectivity index (χ1v) is 6.75. The number of pyridine rings is 1. The zero-order chi connectivity index (χ0) is 13.5. The van der Waals surface area contributed by atoms with E-state index in [0.717, 1.165) is 25.2 Å². The predicted octanol–water partition coefficient (Wildman–Crippen LogP) is 3.60. The van der Waals surface area contributed by atoms with Gasteiger partial charge in [-0.2, -0.15) is 5.26 Å². The molecule has 0 N–H and O–H groups in total. The summed E-state index contributed by atoms with van der Waals surface area (Å²) in [6.07, 6.45) is 3.92. The Balaban J connectivity index is 3.04. The van der Waals surface area contributed by atoms with Gasteiger partial charge in [-0.3, -0.25) is 0 Å². The Hall–Kier alpha value is -1.56. The minimum absolute atomic E-state index is 0.494. The van der Waals surface area contributed by atoms with Crippen molar-refractivity contribution in [3.63, 3.8) is 0 Å². The van der Waals surface area contributed by atoms with Crippen molar-refractivity contribution in [2.45, 2.75) is 46.6 Å². The molecule has 1 rings (SSSR count). The molecule has 1 heterocycles. The van der Waals surface area contributed by atoms with E-state index in [2.05, 4.69) is 43.6 Å². The van der Waals surface area contributed by atoms with Gasteiger partial charge in [0.05, 0.1) is 11.6 Å². The Kier molecular flexibility index (Phi) is 5.64. The maximum Gasteiger partial charge on any atom is 0.130 e. The summed E-state index contributed by atoms with van der Waals surface area (Å²) in [7, 11) is 0. The topological polar surface area (TPSA) is 39.9 Å². The van der Waals surface area contributed by atoms with Crippen LogP contribution in [-0.4, -0.2) is 17.6 Å². The van der Waals surface area contributed by atoms with Crippen molar-refractivity contribution in [1.29, 1.82) is 5.26 Å². The van der Waals surface area contributed by atoms with E-state index in [4.69, 9.17) is 5.26 Å². The maximum atomic E-state index is 8.98. The van der Waals surface area contributed by atoms with E-state index in [9.17, 15) is 0 Å². The van der Waals surface area contributed by atoms with Crippen LogP contribution in [0.3, 0.4) is 0 Å². The average Bonchev–Trinajstić information content (AvgIpc) is 2.38. The molecule has 0 radical (unpaired) electrons. The summed E-state index contributed by atoms with van der Waals surface area (Å²) in [5.41, 5.74) is 0.680. The summed E-state index contributed by atoms with van der Waals surface area (Å²) in [6.45, 7) is 9.81. The highest BCUT2D eigenvalue weighted by molar-refractivity contribution is 5.45. The molecule has 98 valence electrons. The molecule has 1 aromatic heterocycles. The third-order valence-corrected chi connectivity index (χ3v) is 3.11. The molecule has 0 fully saturated rings. The van der Waals surface area contributed by atoms with E-state index in [1.165, 1.54) is 0 Å². The molecule has 3 nitrogen and oxygen atoms in total. The van der Waals surface area contributed by atoms with Crippen LogP contribution in [0.1, 0.15) is 46.1 Å². The molecular formula is C15H23N3. The van der Waals surface area contributed by atoms with E-state index in [1.807, 2.05) is 6.07 Å². The number of hydrogen-bond donors (Lipinski definition) is 0. The Labute approximate surface area is 110 Å². The quantitative estimate of drug-likeness (QED) is 0.768. The van der Waals surface area contributed by atoms with Gasteiger partial charge in [-0.15, -0.1) is 0 Å². The van der Waals surface area contributed by atoms with Gasteiger partial charge in [0.25, 0.3) is 0 Å². The average molecular weight is 245 g/mol. The van der Waals surface area contributed by atoms with Crippen LogP contribution in [0.25, 0.3) is 0 Å². The highest BCUT2D eigenvalue weighted by atomic mass is 15.2. The lowest BCUT2D eigenvalue weighted by molar-refractivity contribution is 0.503. The molecule has 0 saturated carbocycles. The van der Waals surface area contributed by atoms with Gasteiger partial charge in [-0.25, -0.2) is 4.98 Å². The number of nitrogens with zero attached hydrogens (tertiary/aromatic N) is 3. The van der Waals surface area contributed by atoms with Crippen LogP contribution in [0.4, 0.5) is 5.82 Å². The van der Waals surface area contributed by atoms with E-state index < -0.39 is 0 Å². The van der Waals surface area contributed by atoms with E-state index in [-0.39, 0.29) is 0 Å². The summed E-state index contributed by atoms with van der Waals surface area (Å²) >= 11 is 0. The van der Waals surface area contributed by atoms with Crippen LogP contribution in [0.15, 0.2) is 18.3 Å². The highest BCUT2D eigenvalue weighted by Crippen LogP contribution is 2.20. The Morgan fingerprint density at radius 2 is 2.00 bits per heavy atom. The monoisotopic (exact) mass is 245 g/mol. The number of rotatable bonds is 6. The maximum absolute atomic E-state index is 8.98. The fourth-order valence-electron chi connectivity index (χ4n) is 2.20. The number of nitriles is 1. The first kappa shape index (κ1) is 14.5. The van der Waals surface area contributed by atoms with E-state index in [1.54, 1.807) is 12.3 Å². The molecule has 18 heavy (non-hydrogen) atoms. The molecule has 0 unspecified atom stereocenters. The number of anilines is 1. The Morgan fingerprint density at radius 1 is 1.33 bits per heavy atom. The van der Waals surface area contributed by atoms with Crippen molar-refractivity contribution in [2.75, 3.05) is 11.4 Å². The van der Waals surface area contributed by atoms with Gasteiger partial charge in [-0.1, -0.05) is 27.7 Å². The normalized spacial score (nSPS) is 10.7. The third-order valence-electron chi connectivity index (χ3n) is 3.11. The van der Waals surface area contributed by atoms with E-state index in [0.29, 0.717) is 17.5 Å². The number of hydrogen-bond acceptors (Lipinski definition) is 3. The van der Waals surface area contributed by atoms with Crippen LogP contribution in [0.2, 0.25) is 0 Å². The molecule has 1 aromatic rings. The Bertz CT molecular complexity index is 402. The van der Waals surface area contributed by atoms with Gasteiger partial charge in [0.2, 0.25) is 0 Å². The summed E-state index contributed by atoms with van der Waals surface area (Å²) in [6, 6.07) is 6.32. The lowest BCUT2D eigenvalue weighted by atomic mass is 10.1. The zero-order valence-electron chi connectivity index (χ0n) is 11.8. The predicted molar refractivity (Wildman–Crippen MR) is 75.5 cm³/mol. The van der Waals surface area contributed by atoms with Gasteiger partial charge in [0.1, 0.15) is 5.82 Å². The second-order valence-corrected chi connectivity index (χ2v) is 5.03. The van der Waals surface area contributed by atoms with Crippen LogP contribution >= 0.6 is 0 Å². The van der Waals surface area contributed by atoms with Crippen molar-refractivity contribution in [3.05, 3.63) is 23.9 Å². The van der Waals surface area contributed by atoms with Crippen LogP contribution in [-0.2, 0) is 0 Å². The van der Waals surface area contributed by atoms with Crippen molar-refractivity contribution in [3.8, 4) is 6.07 Å². The standard InChI is InChI=1S/C15H23N3/c1-5-14(6-2)18(11-12(3)4)15-9-13(10-16)7-8-17-15/h7-9,12,14H,5-6,11H2,1-4H3. The fraction of sp³-hybridized carbons (Fsp3) is 0.600. The van der Waals surface area contributed by atoms with Gasteiger partial charge in [0.15, 0.2) is 0 Å². The lowest BCUT2D eigenvalue weighted by Crippen LogP contribution is -2.38. The van der Waals surface area contributed by atoms with Crippen LogP contribution in [0, 0.1) is 17.2 Å². The summed E-state index contributed by atoms with van der Waals surface area (Å²) in [4.78, 5) is 6.77. The molecule has 0 aliphatic rings. The zero-order valence-corrected chi connectivity index (χ0v) is 11.8. The van der Waals surface area contributed by atoms with Crippen LogP contribution < -0.4 is 4.90 Å². The molecule has 0 saturated heterocycles. The van der Waals surface area contributed by atoms with Crippen molar-refractivity contribution < 1.29 is 0 Å². The first-order valence-electron chi connectivity index (χ1n) is 6.75. The molecule has 0 atom stereocenters. The van der Waals surface area contributed by atoms with E-state index >= 15 is 0 Å². The molecule has 0 aliphatic heterocycles. The van der Waals surface area contributed by atoms with Crippen molar-refractivity contribution in [1.82, 2.24) is 4.98 Å². The van der Waals surface area contributed by atoms with Gasteiger partial charge < -0.3 is 4.90 Å². The van der Waals surface area contributed by atoms with Crippen LogP contribution in [0.5, 0.6) is 0 Å². The first-order chi connectivity index (χ1) is 8.62. The van der Waals surface area contributed by atoms with Crippen molar-refractivity contribution >= 4 is 5.82 Å². The minimum atomic E-state index is 0.494. The molecular weight excluding hydrogens is 222 g/mol. The second-order valence-electron chi connectivity index (χ2n) is 5.03. The van der Waals surface area contributed by atoms with Crippen molar-refractivity contribution in [2.24, 2.45) is 5.92 Å². The second kappa shape index (κ2) is 7.00. The summed E-state index contributed by atoms with van der Waals surface area (Å²) < 4.78 is 0. The largest absolute Gasteiger partial charge is 0.353 e. The molecule has 0 spiro atoms. The molecule has 0 bridgehead atoms. The summed E-state index contributed by atoms with van der Waals surface area (Å²) in [5.74, 6) is 1.51. The fourth-order valence-corrected chi connectivity index (χ4v) is 2.20. The minimum Gasteiger partial charge on any atom is -0.353 e. The molecule has 0 amide bonds. The Morgan fingerprint density at radius 3 is 2.50 bits per heavy atom.